The van der Waals surface area contributed by atoms with Gasteiger partial charge >= 0.3 is 0 Å². The first-order valence-electron chi connectivity index (χ1n) is 11.9. The second-order valence-electron chi connectivity index (χ2n) is 8.47. The summed E-state index contributed by atoms with van der Waals surface area (Å²) >= 11 is 0. The lowest BCUT2D eigenvalue weighted by molar-refractivity contribution is -0.118. The Morgan fingerprint density at radius 2 is 1.66 bits per heavy atom. The average Bonchev–Trinajstić information content (AvgIpc) is 3.43. The molecule has 2 N–H and O–H groups in total. The van der Waals surface area contributed by atoms with Crippen LogP contribution in [0, 0.1) is 0 Å². The number of hydrogen-bond acceptors (Lipinski definition) is 5. The van der Waals surface area contributed by atoms with E-state index in [9.17, 15) is 9.59 Å². The minimum absolute atomic E-state index is 0.132. The second-order valence-corrected chi connectivity index (χ2v) is 8.47. The Labute approximate surface area is 206 Å². The highest BCUT2D eigenvalue weighted by Gasteiger charge is 2.24. The van der Waals surface area contributed by atoms with Gasteiger partial charge in [-0.15, -0.1) is 0 Å². The van der Waals surface area contributed by atoms with E-state index in [-0.39, 0.29) is 24.5 Å². The van der Waals surface area contributed by atoms with Gasteiger partial charge in [-0.05, 0) is 67.9 Å². The zero-order valence-corrected chi connectivity index (χ0v) is 19.9. The lowest BCUT2D eigenvalue weighted by atomic mass is 10.1. The maximum atomic E-state index is 12.8. The molecule has 1 unspecified atom stereocenters. The highest BCUT2D eigenvalue weighted by Crippen LogP contribution is 2.24. The lowest BCUT2D eigenvalue weighted by Crippen LogP contribution is -2.36. The number of nitrogens with zero attached hydrogens (tertiary/aromatic N) is 1. The van der Waals surface area contributed by atoms with Gasteiger partial charge in [-0.25, -0.2) is 0 Å². The summed E-state index contributed by atoms with van der Waals surface area (Å²) in [6, 6.07) is 24.4. The number of hydrogen-bond donors (Lipinski definition) is 2. The number of amides is 2. The molecular weight excluding hydrogens is 442 g/mol. The molecule has 1 fully saturated rings. The number of likely N-dealkylation sites (tertiary alicyclic amines) is 1. The molecule has 7 heteroatoms. The van der Waals surface area contributed by atoms with Crippen molar-refractivity contribution in [2.75, 3.05) is 38.7 Å². The molecule has 35 heavy (non-hydrogen) atoms. The van der Waals surface area contributed by atoms with Crippen LogP contribution in [0.4, 0.5) is 5.69 Å². The third-order valence-electron chi connectivity index (χ3n) is 6.06. The Hall–Kier alpha value is -3.84. The normalized spacial score (nSPS) is 14.2. The largest absolute Gasteiger partial charge is 0.497 e. The van der Waals surface area contributed by atoms with E-state index >= 15 is 0 Å². The zero-order chi connectivity index (χ0) is 24.5. The van der Waals surface area contributed by atoms with Gasteiger partial charge in [-0.1, -0.05) is 36.4 Å². The van der Waals surface area contributed by atoms with Crippen LogP contribution in [0.1, 0.15) is 34.8 Å². The predicted octanol–water partition coefficient (Wildman–Crippen LogP) is 4.28. The maximum absolute atomic E-state index is 12.8. The molecule has 7 nitrogen and oxygen atoms in total. The van der Waals surface area contributed by atoms with Crippen molar-refractivity contribution in [2.24, 2.45) is 0 Å². The summed E-state index contributed by atoms with van der Waals surface area (Å²) in [7, 11) is 1.57. The maximum Gasteiger partial charge on any atom is 0.262 e. The van der Waals surface area contributed by atoms with Gasteiger partial charge in [0.05, 0.1) is 13.2 Å². The van der Waals surface area contributed by atoms with E-state index in [0.29, 0.717) is 29.3 Å². The van der Waals surface area contributed by atoms with Gasteiger partial charge in [-0.3, -0.25) is 14.5 Å². The third-order valence-corrected chi connectivity index (χ3v) is 6.06. The first-order valence-corrected chi connectivity index (χ1v) is 11.9. The van der Waals surface area contributed by atoms with E-state index in [1.807, 2.05) is 18.2 Å². The molecule has 0 aromatic heterocycles. The molecule has 1 saturated heterocycles. The van der Waals surface area contributed by atoms with Crippen LogP contribution in [0.3, 0.4) is 0 Å². The van der Waals surface area contributed by atoms with Gasteiger partial charge in [0.2, 0.25) is 0 Å². The molecule has 2 amide bonds. The summed E-state index contributed by atoms with van der Waals surface area (Å²) in [5.41, 5.74) is 2.39. The number of rotatable bonds is 10. The van der Waals surface area contributed by atoms with Crippen molar-refractivity contribution >= 4 is 17.5 Å². The Bertz CT molecular complexity index is 1110. The standard InChI is InChI=1S/C28H31N3O4/c1-34-25-11-7-10-23(18-25)30-27(32)20-35-24-14-12-22(13-15-24)28(33)29-19-26(31-16-5-6-17-31)21-8-3-2-4-9-21/h2-4,7-15,18,26H,5-6,16-17,19-20H2,1H3,(H,29,33)(H,30,32). The summed E-state index contributed by atoms with van der Waals surface area (Å²) in [5.74, 6) is 0.760. The summed E-state index contributed by atoms with van der Waals surface area (Å²) in [6.07, 6.45) is 2.38. The fraction of sp³-hybridized carbons (Fsp3) is 0.286. The molecule has 0 radical (unpaired) electrons. The molecule has 3 aromatic carbocycles. The van der Waals surface area contributed by atoms with Crippen LogP contribution in [0.15, 0.2) is 78.9 Å². The topological polar surface area (TPSA) is 79.9 Å². The molecule has 0 bridgehead atoms. The number of carbonyl (C=O) groups excluding carboxylic acids is 2. The summed E-state index contributed by atoms with van der Waals surface area (Å²) < 4.78 is 10.7. The van der Waals surface area contributed by atoms with Gasteiger partial charge in [-0.2, -0.15) is 0 Å². The fourth-order valence-electron chi connectivity index (χ4n) is 4.23. The Morgan fingerprint density at radius 1 is 0.914 bits per heavy atom. The van der Waals surface area contributed by atoms with Gasteiger partial charge in [0.15, 0.2) is 6.61 Å². The molecule has 1 atom stereocenters. The quantitative estimate of drug-likeness (QED) is 0.460. The van der Waals surface area contributed by atoms with Gasteiger partial charge < -0.3 is 20.1 Å². The predicted molar refractivity (Wildman–Crippen MR) is 136 cm³/mol. The average molecular weight is 474 g/mol. The Morgan fingerprint density at radius 3 is 2.37 bits per heavy atom. The minimum Gasteiger partial charge on any atom is -0.497 e. The fourth-order valence-corrected chi connectivity index (χ4v) is 4.23. The van der Waals surface area contributed by atoms with E-state index in [1.165, 1.54) is 18.4 Å². The van der Waals surface area contributed by atoms with Gasteiger partial charge in [0.1, 0.15) is 11.5 Å². The summed E-state index contributed by atoms with van der Waals surface area (Å²) in [4.78, 5) is 27.4. The van der Waals surface area contributed by atoms with Crippen molar-refractivity contribution in [2.45, 2.75) is 18.9 Å². The van der Waals surface area contributed by atoms with Crippen LogP contribution in [-0.4, -0.2) is 50.1 Å². The molecule has 3 aromatic rings. The highest BCUT2D eigenvalue weighted by atomic mass is 16.5. The third kappa shape index (κ3) is 6.83. The van der Waals surface area contributed by atoms with E-state index in [1.54, 1.807) is 55.6 Å². The number of methoxy groups -OCH3 is 1. The smallest absolute Gasteiger partial charge is 0.262 e. The number of carbonyl (C=O) groups is 2. The minimum atomic E-state index is -0.283. The van der Waals surface area contributed by atoms with E-state index in [0.717, 1.165) is 13.1 Å². The van der Waals surface area contributed by atoms with Crippen LogP contribution in [0.25, 0.3) is 0 Å². The highest BCUT2D eigenvalue weighted by molar-refractivity contribution is 5.94. The van der Waals surface area contributed by atoms with Gasteiger partial charge in [0, 0.05) is 23.9 Å². The van der Waals surface area contributed by atoms with Crippen molar-refractivity contribution in [1.82, 2.24) is 10.2 Å². The molecule has 1 heterocycles. The number of anilines is 1. The van der Waals surface area contributed by atoms with E-state index in [4.69, 9.17) is 9.47 Å². The monoisotopic (exact) mass is 473 g/mol. The molecule has 182 valence electrons. The molecular formula is C28H31N3O4. The second kappa shape index (κ2) is 12.0. The van der Waals surface area contributed by atoms with Crippen molar-refractivity contribution in [3.63, 3.8) is 0 Å². The van der Waals surface area contributed by atoms with Crippen LogP contribution >= 0.6 is 0 Å². The van der Waals surface area contributed by atoms with Crippen molar-refractivity contribution in [3.05, 3.63) is 90.0 Å². The summed E-state index contributed by atoms with van der Waals surface area (Å²) in [5, 5.41) is 5.85. The first-order chi connectivity index (χ1) is 17.1. The molecule has 0 spiro atoms. The molecule has 0 aliphatic carbocycles. The van der Waals surface area contributed by atoms with Crippen LogP contribution in [0.5, 0.6) is 11.5 Å². The Balaban J connectivity index is 1.28. The number of ether oxygens (including phenoxy) is 2. The molecule has 0 saturated carbocycles. The van der Waals surface area contributed by atoms with E-state index < -0.39 is 0 Å². The van der Waals surface area contributed by atoms with E-state index in [2.05, 4.69) is 27.7 Å². The van der Waals surface area contributed by atoms with Crippen LogP contribution in [0.2, 0.25) is 0 Å². The molecule has 4 rings (SSSR count). The zero-order valence-electron chi connectivity index (χ0n) is 19.9. The van der Waals surface area contributed by atoms with Crippen molar-refractivity contribution in [1.29, 1.82) is 0 Å². The Kier molecular flexibility index (Phi) is 8.35. The van der Waals surface area contributed by atoms with Gasteiger partial charge in [0.25, 0.3) is 11.8 Å². The van der Waals surface area contributed by atoms with Crippen LogP contribution < -0.4 is 20.1 Å². The molecule has 1 aliphatic rings. The van der Waals surface area contributed by atoms with Crippen molar-refractivity contribution in [3.8, 4) is 11.5 Å². The number of benzene rings is 3. The van der Waals surface area contributed by atoms with Crippen LogP contribution in [-0.2, 0) is 4.79 Å². The number of nitrogens with one attached hydrogen (secondary N) is 2. The SMILES string of the molecule is COc1cccc(NC(=O)COc2ccc(C(=O)NCC(c3ccccc3)N3CCCC3)cc2)c1. The lowest BCUT2D eigenvalue weighted by Gasteiger charge is -2.28. The first kappa shape index (κ1) is 24.3. The van der Waals surface area contributed by atoms with Crippen molar-refractivity contribution < 1.29 is 19.1 Å². The summed E-state index contributed by atoms with van der Waals surface area (Å²) in [6.45, 7) is 2.50. The molecule has 1 aliphatic heterocycles.